The van der Waals surface area contributed by atoms with E-state index >= 15 is 0 Å². The van der Waals surface area contributed by atoms with Crippen LogP contribution in [0.5, 0.6) is 0 Å². The van der Waals surface area contributed by atoms with Gasteiger partial charge in [0.1, 0.15) is 5.65 Å². The standard InChI is InChI=1S/C26H27N5O2S/c1-15-17(26(33)29-25-24(15)16(2)30-31(25)3)10-11-23(32)28-14-20(22-9-6-12-34-22)19-13-27-21-8-5-4-7-18(19)21/h4-9,12-13,20,27H,10-11,14H2,1-3H3,(H,28,32)(H,29,33). The lowest BCUT2D eigenvalue weighted by Gasteiger charge is -2.16. The van der Waals surface area contributed by atoms with E-state index in [1.54, 1.807) is 16.0 Å². The minimum atomic E-state index is -0.156. The highest BCUT2D eigenvalue weighted by molar-refractivity contribution is 7.10. The molecule has 7 nitrogen and oxygen atoms in total. The number of nitrogens with one attached hydrogen (secondary N) is 3. The lowest BCUT2D eigenvalue weighted by Crippen LogP contribution is -2.29. The van der Waals surface area contributed by atoms with Crippen molar-refractivity contribution < 1.29 is 4.79 Å². The Morgan fingerprint density at radius 3 is 2.82 bits per heavy atom. The number of thiophene rings is 1. The third-order valence-electron chi connectivity index (χ3n) is 6.54. The molecule has 1 aromatic carbocycles. The second-order valence-electron chi connectivity index (χ2n) is 8.65. The van der Waals surface area contributed by atoms with Crippen molar-refractivity contribution in [3.8, 4) is 0 Å². The zero-order chi connectivity index (χ0) is 23.8. The third kappa shape index (κ3) is 3.94. The molecule has 1 unspecified atom stereocenters. The van der Waals surface area contributed by atoms with Crippen molar-refractivity contribution in [1.82, 2.24) is 25.1 Å². The summed E-state index contributed by atoms with van der Waals surface area (Å²) >= 11 is 1.69. The van der Waals surface area contributed by atoms with Crippen LogP contribution in [0.2, 0.25) is 0 Å². The molecule has 174 valence electrons. The Hall–Kier alpha value is -3.65. The molecule has 0 aliphatic carbocycles. The van der Waals surface area contributed by atoms with Crippen LogP contribution < -0.4 is 10.9 Å². The van der Waals surface area contributed by atoms with E-state index in [0.29, 0.717) is 24.2 Å². The Morgan fingerprint density at radius 2 is 2.03 bits per heavy atom. The Morgan fingerprint density at radius 1 is 1.21 bits per heavy atom. The van der Waals surface area contributed by atoms with Gasteiger partial charge in [-0.1, -0.05) is 24.3 Å². The zero-order valence-corrected chi connectivity index (χ0v) is 20.3. The van der Waals surface area contributed by atoms with Crippen molar-refractivity contribution in [1.29, 1.82) is 0 Å². The van der Waals surface area contributed by atoms with Crippen LogP contribution in [0.4, 0.5) is 0 Å². The molecule has 5 aromatic rings. The van der Waals surface area contributed by atoms with Gasteiger partial charge in [0.25, 0.3) is 5.56 Å². The molecule has 0 spiro atoms. The zero-order valence-electron chi connectivity index (χ0n) is 19.4. The summed E-state index contributed by atoms with van der Waals surface area (Å²) in [5.74, 6) is -0.0113. The van der Waals surface area contributed by atoms with Gasteiger partial charge in [0.2, 0.25) is 5.91 Å². The number of carbonyl (C=O) groups is 1. The van der Waals surface area contributed by atoms with Crippen molar-refractivity contribution in [3.05, 3.63) is 85.6 Å². The van der Waals surface area contributed by atoms with Crippen LogP contribution in [0.1, 0.15) is 39.6 Å². The fourth-order valence-electron chi connectivity index (χ4n) is 4.83. The molecule has 0 bridgehead atoms. The molecule has 8 heteroatoms. The number of rotatable bonds is 7. The fourth-order valence-corrected chi connectivity index (χ4v) is 5.68. The van der Waals surface area contributed by atoms with Crippen molar-refractivity contribution in [2.75, 3.05) is 6.54 Å². The van der Waals surface area contributed by atoms with Crippen LogP contribution in [0.25, 0.3) is 21.9 Å². The number of fused-ring (bicyclic) bond motifs is 2. The van der Waals surface area contributed by atoms with Crippen LogP contribution in [0, 0.1) is 13.8 Å². The van der Waals surface area contributed by atoms with E-state index < -0.39 is 0 Å². The third-order valence-corrected chi connectivity index (χ3v) is 7.53. The molecular weight excluding hydrogens is 446 g/mol. The number of amides is 1. The second-order valence-corrected chi connectivity index (χ2v) is 9.63. The van der Waals surface area contributed by atoms with Gasteiger partial charge >= 0.3 is 0 Å². The SMILES string of the molecule is Cc1nn(C)c2[nH]c(=O)c(CCC(=O)NCC(c3cccs3)c3c[nH]c4ccccc34)c(C)c12. The van der Waals surface area contributed by atoms with Crippen molar-refractivity contribution in [3.63, 3.8) is 0 Å². The van der Waals surface area contributed by atoms with E-state index in [4.69, 9.17) is 0 Å². The molecule has 0 fully saturated rings. The normalized spacial score (nSPS) is 12.4. The fraction of sp³-hybridized carbons (Fsp3) is 0.269. The van der Waals surface area contributed by atoms with Gasteiger partial charge in [-0.3, -0.25) is 14.3 Å². The van der Waals surface area contributed by atoms with Gasteiger partial charge in [0.05, 0.1) is 5.69 Å². The van der Waals surface area contributed by atoms with Gasteiger partial charge in [0, 0.05) is 58.9 Å². The van der Waals surface area contributed by atoms with Crippen LogP contribution in [-0.2, 0) is 18.3 Å². The van der Waals surface area contributed by atoms with Gasteiger partial charge in [0.15, 0.2) is 0 Å². The quantitative estimate of drug-likeness (QED) is 0.329. The molecule has 1 amide bonds. The van der Waals surface area contributed by atoms with E-state index in [2.05, 4.69) is 44.0 Å². The highest BCUT2D eigenvalue weighted by Crippen LogP contribution is 2.32. The van der Waals surface area contributed by atoms with E-state index in [9.17, 15) is 9.59 Å². The summed E-state index contributed by atoms with van der Waals surface area (Å²) in [4.78, 5) is 33.0. The van der Waals surface area contributed by atoms with Gasteiger partial charge < -0.3 is 15.3 Å². The van der Waals surface area contributed by atoms with Crippen molar-refractivity contribution in [2.24, 2.45) is 7.05 Å². The van der Waals surface area contributed by atoms with E-state index in [0.717, 1.165) is 27.5 Å². The molecule has 0 saturated carbocycles. The van der Waals surface area contributed by atoms with Crippen LogP contribution >= 0.6 is 11.3 Å². The van der Waals surface area contributed by atoms with E-state index in [1.165, 1.54) is 10.4 Å². The molecule has 34 heavy (non-hydrogen) atoms. The first-order valence-corrected chi connectivity index (χ1v) is 12.2. The summed E-state index contributed by atoms with van der Waals surface area (Å²) in [5.41, 5.74) is 5.22. The molecule has 0 aliphatic heterocycles. The van der Waals surface area contributed by atoms with Crippen LogP contribution in [-0.4, -0.2) is 32.2 Å². The first-order valence-electron chi connectivity index (χ1n) is 11.3. The number of H-pyrrole nitrogens is 2. The number of hydrogen-bond acceptors (Lipinski definition) is 4. The molecule has 4 aromatic heterocycles. The smallest absolute Gasteiger partial charge is 0.253 e. The number of aromatic nitrogens is 4. The minimum absolute atomic E-state index is 0.0552. The summed E-state index contributed by atoms with van der Waals surface area (Å²) in [6.45, 7) is 4.36. The lowest BCUT2D eigenvalue weighted by molar-refractivity contribution is -0.121. The maximum absolute atomic E-state index is 12.8. The predicted octanol–water partition coefficient (Wildman–Crippen LogP) is 4.30. The van der Waals surface area contributed by atoms with Gasteiger partial charge in [-0.25, -0.2) is 0 Å². The highest BCUT2D eigenvalue weighted by atomic mass is 32.1. The summed E-state index contributed by atoms with van der Waals surface area (Å²) in [6, 6.07) is 12.4. The maximum atomic E-state index is 12.8. The Kier molecular flexibility index (Phi) is 5.83. The monoisotopic (exact) mass is 473 g/mol. The molecule has 3 N–H and O–H groups in total. The van der Waals surface area contributed by atoms with Gasteiger partial charge in [-0.05, 0) is 48.9 Å². The first-order chi connectivity index (χ1) is 16.4. The predicted molar refractivity (Wildman–Crippen MR) is 137 cm³/mol. The number of aryl methyl sites for hydroxylation is 3. The van der Waals surface area contributed by atoms with Gasteiger partial charge in [-0.15, -0.1) is 11.3 Å². The number of aromatic amines is 2. The van der Waals surface area contributed by atoms with Crippen molar-refractivity contribution >= 4 is 39.2 Å². The van der Waals surface area contributed by atoms with E-state index in [-0.39, 0.29) is 23.8 Å². The largest absolute Gasteiger partial charge is 0.361 e. The van der Waals surface area contributed by atoms with E-state index in [1.807, 2.05) is 45.3 Å². The Labute approximate surface area is 200 Å². The second kappa shape index (κ2) is 8.95. The number of carbonyl (C=O) groups excluding carboxylic acids is 1. The number of para-hydroxylation sites is 1. The molecular formula is C26H27N5O2S. The Bertz CT molecular complexity index is 1540. The molecule has 1 atom stereocenters. The molecule has 0 aliphatic rings. The summed E-state index contributed by atoms with van der Waals surface area (Å²) in [5, 5.41) is 11.7. The highest BCUT2D eigenvalue weighted by Gasteiger charge is 2.21. The first kappa shape index (κ1) is 22.2. The minimum Gasteiger partial charge on any atom is -0.361 e. The van der Waals surface area contributed by atoms with Crippen LogP contribution in [0.3, 0.4) is 0 Å². The molecule has 4 heterocycles. The summed E-state index contributed by atoms with van der Waals surface area (Å²) < 4.78 is 1.69. The molecule has 0 saturated heterocycles. The van der Waals surface area contributed by atoms with Crippen molar-refractivity contribution in [2.45, 2.75) is 32.6 Å². The Balaban J connectivity index is 1.32. The number of benzene rings is 1. The maximum Gasteiger partial charge on any atom is 0.253 e. The lowest BCUT2D eigenvalue weighted by atomic mass is 9.96. The average Bonchev–Trinajstić information content (AvgIpc) is 3.55. The number of hydrogen-bond donors (Lipinski definition) is 3. The molecule has 0 radical (unpaired) electrons. The van der Waals surface area contributed by atoms with Gasteiger partial charge in [-0.2, -0.15) is 5.10 Å². The molecule has 5 rings (SSSR count). The number of nitrogens with zero attached hydrogens (tertiary/aromatic N) is 2. The average molecular weight is 474 g/mol. The topological polar surface area (TPSA) is 95.6 Å². The van der Waals surface area contributed by atoms with Crippen LogP contribution in [0.15, 0.2) is 52.8 Å². The summed E-state index contributed by atoms with van der Waals surface area (Å²) in [6.07, 6.45) is 2.67. The summed E-state index contributed by atoms with van der Waals surface area (Å²) in [7, 11) is 1.82. The number of pyridine rings is 1.